The molecule has 2 rings (SSSR count). The van der Waals surface area contributed by atoms with Crippen molar-refractivity contribution < 1.29 is 14.3 Å². The van der Waals surface area contributed by atoms with E-state index >= 15 is 0 Å². The van der Waals surface area contributed by atoms with E-state index in [1.165, 1.54) is 11.8 Å². The number of ether oxygens (including phenoxy) is 1. The third-order valence-corrected chi connectivity index (χ3v) is 4.41. The van der Waals surface area contributed by atoms with Crippen molar-refractivity contribution in [3.05, 3.63) is 58.1 Å². The molecule has 0 spiro atoms. The van der Waals surface area contributed by atoms with Crippen molar-refractivity contribution in [2.45, 2.75) is 13.3 Å². The normalized spacial score (nSPS) is 10.3. The van der Waals surface area contributed by atoms with Gasteiger partial charge in [-0.15, -0.1) is 0 Å². The average molecular weight is 395 g/mol. The molecule has 2 aromatic rings. The lowest BCUT2D eigenvalue weighted by Crippen LogP contribution is -2.38. The predicted octanol–water partition coefficient (Wildman–Crippen LogP) is 4.03. The maximum atomic E-state index is 12.2. The lowest BCUT2D eigenvalue weighted by Gasteiger charge is -2.21. The van der Waals surface area contributed by atoms with Crippen LogP contribution in [0.1, 0.15) is 12.5 Å². The number of carbonyl (C=O) groups is 2. The molecule has 0 bridgehead atoms. The Hall–Kier alpha value is -2.24. The van der Waals surface area contributed by atoms with E-state index in [0.717, 1.165) is 5.56 Å². The number of nitrogens with zero attached hydrogens (tertiary/aromatic N) is 1. The minimum Gasteiger partial charge on any atom is -0.497 e. The van der Waals surface area contributed by atoms with Crippen LogP contribution in [0.25, 0.3) is 0 Å². The van der Waals surface area contributed by atoms with E-state index in [1.807, 2.05) is 6.07 Å². The number of hydrogen-bond acceptors (Lipinski definition) is 3. The van der Waals surface area contributed by atoms with Crippen molar-refractivity contribution in [1.29, 1.82) is 0 Å². The van der Waals surface area contributed by atoms with Crippen LogP contribution in [0.3, 0.4) is 0 Å². The minimum absolute atomic E-state index is 0.0351. The molecule has 0 atom stereocenters. The average Bonchev–Trinajstić information content (AvgIpc) is 2.60. The molecule has 2 aromatic carbocycles. The first-order valence-corrected chi connectivity index (χ1v) is 8.78. The van der Waals surface area contributed by atoms with E-state index in [9.17, 15) is 9.59 Å². The highest BCUT2D eigenvalue weighted by Gasteiger charge is 2.14. The molecule has 7 heteroatoms. The summed E-state index contributed by atoms with van der Waals surface area (Å²) in [5.41, 5.74) is 1.51. The Bertz CT molecular complexity index is 779. The number of nitrogens with one attached hydrogen (secondary N) is 1. The predicted molar refractivity (Wildman–Crippen MR) is 104 cm³/mol. The summed E-state index contributed by atoms with van der Waals surface area (Å²) in [4.78, 5) is 25.6. The zero-order chi connectivity index (χ0) is 19.1. The van der Waals surface area contributed by atoms with Gasteiger partial charge in [0.25, 0.3) is 0 Å². The molecular weight excluding hydrogens is 375 g/mol. The Labute approximate surface area is 162 Å². The third kappa shape index (κ3) is 5.93. The van der Waals surface area contributed by atoms with Crippen LogP contribution in [-0.2, 0) is 16.0 Å². The molecule has 0 heterocycles. The summed E-state index contributed by atoms with van der Waals surface area (Å²) in [5.74, 6) is 0.251. The maximum Gasteiger partial charge on any atom is 0.243 e. The largest absolute Gasteiger partial charge is 0.497 e. The fraction of sp³-hybridized carbons (Fsp3) is 0.263. The number of hydrogen-bond donors (Lipinski definition) is 1. The summed E-state index contributed by atoms with van der Waals surface area (Å²) in [6.07, 6.45) is 0.533. The summed E-state index contributed by atoms with van der Waals surface area (Å²) in [7, 11) is 1.57. The zero-order valence-electron chi connectivity index (χ0n) is 14.6. The van der Waals surface area contributed by atoms with Gasteiger partial charge in [-0.2, -0.15) is 0 Å². The van der Waals surface area contributed by atoms with Gasteiger partial charge in [0.2, 0.25) is 11.8 Å². The smallest absolute Gasteiger partial charge is 0.243 e. The van der Waals surface area contributed by atoms with E-state index in [-0.39, 0.29) is 18.4 Å². The minimum atomic E-state index is -0.271. The summed E-state index contributed by atoms with van der Waals surface area (Å²) in [6.45, 7) is 1.78. The SMILES string of the molecule is COc1ccc(NC(=O)CN(CCc2ccc(Cl)cc2Cl)C(C)=O)cc1. The fourth-order valence-electron chi connectivity index (χ4n) is 2.38. The van der Waals surface area contributed by atoms with Crippen LogP contribution < -0.4 is 10.1 Å². The fourth-order valence-corrected chi connectivity index (χ4v) is 2.88. The molecule has 0 saturated carbocycles. The Kier molecular flexibility index (Phi) is 7.30. The molecule has 0 aliphatic carbocycles. The highest BCUT2D eigenvalue weighted by atomic mass is 35.5. The summed E-state index contributed by atoms with van der Waals surface area (Å²) >= 11 is 12.0. The second kappa shape index (κ2) is 9.46. The van der Waals surface area contributed by atoms with Crippen molar-refractivity contribution in [1.82, 2.24) is 4.90 Å². The van der Waals surface area contributed by atoms with Crippen molar-refractivity contribution in [2.24, 2.45) is 0 Å². The Morgan fingerprint density at radius 3 is 2.38 bits per heavy atom. The van der Waals surface area contributed by atoms with Crippen molar-refractivity contribution in [3.8, 4) is 5.75 Å². The van der Waals surface area contributed by atoms with Gasteiger partial charge in [0, 0.05) is 29.2 Å². The van der Waals surface area contributed by atoms with Crippen molar-refractivity contribution >= 4 is 40.7 Å². The highest BCUT2D eigenvalue weighted by Crippen LogP contribution is 2.21. The Balaban J connectivity index is 1.93. The first kappa shape index (κ1) is 20.1. The molecule has 0 fully saturated rings. The van der Waals surface area contributed by atoms with Gasteiger partial charge in [-0.25, -0.2) is 0 Å². The molecule has 2 amide bonds. The van der Waals surface area contributed by atoms with Gasteiger partial charge in [0.15, 0.2) is 0 Å². The van der Waals surface area contributed by atoms with Gasteiger partial charge in [-0.05, 0) is 48.4 Å². The number of amides is 2. The second-order valence-corrected chi connectivity index (χ2v) is 6.55. The molecule has 0 unspecified atom stereocenters. The standard InChI is InChI=1S/C19H20Cl2N2O3/c1-13(24)23(10-9-14-3-4-15(20)11-18(14)21)12-19(25)22-16-5-7-17(26-2)8-6-16/h3-8,11H,9-10,12H2,1-2H3,(H,22,25). The van der Waals surface area contributed by atoms with Crippen LogP contribution in [0.15, 0.2) is 42.5 Å². The molecular formula is C19H20Cl2N2O3. The maximum absolute atomic E-state index is 12.2. The van der Waals surface area contributed by atoms with E-state index in [4.69, 9.17) is 27.9 Å². The molecule has 1 N–H and O–H groups in total. The molecule has 0 aromatic heterocycles. The van der Waals surface area contributed by atoms with Gasteiger partial charge in [-0.1, -0.05) is 29.3 Å². The lowest BCUT2D eigenvalue weighted by atomic mass is 10.1. The van der Waals surface area contributed by atoms with Gasteiger partial charge in [0.05, 0.1) is 13.7 Å². The number of methoxy groups -OCH3 is 1. The Morgan fingerprint density at radius 1 is 1.12 bits per heavy atom. The van der Waals surface area contributed by atoms with Crippen LogP contribution in [0.2, 0.25) is 10.0 Å². The number of rotatable bonds is 7. The molecule has 0 radical (unpaired) electrons. The number of benzene rings is 2. The second-order valence-electron chi connectivity index (χ2n) is 5.70. The van der Waals surface area contributed by atoms with E-state index in [2.05, 4.69) is 5.32 Å². The summed E-state index contributed by atoms with van der Waals surface area (Å²) < 4.78 is 5.08. The van der Waals surface area contributed by atoms with Crippen LogP contribution in [0, 0.1) is 0 Å². The first-order chi connectivity index (χ1) is 12.4. The van der Waals surface area contributed by atoms with Gasteiger partial charge >= 0.3 is 0 Å². The first-order valence-electron chi connectivity index (χ1n) is 8.02. The van der Waals surface area contributed by atoms with Crippen molar-refractivity contribution in [2.75, 3.05) is 25.5 Å². The number of anilines is 1. The summed E-state index contributed by atoms with van der Waals surface area (Å²) in [6, 6.07) is 12.2. The van der Waals surface area contributed by atoms with E-state index in [1.54, 1.807) is 43.5 Å². The van der Waals surface area contributed by atoms with Crippen LogP contribution in [-0.4, -0.2) is 36.9 Å². The topological polar surface area (TPSA) is 58.6 Å². The number of halogens is 2. The monoisotopic (exact) mass is 394 g/mol. The summed E-state index contributed by atoms with van der Waals surface area (Å²) in [5, 5.41) is 3.87. The molecule has 0 saturated heterocycles. The van der Waals surface area contributed by atoms with Gasteiger partial charge in [0.1, 0.15) is 5.75 Å². The molecule has 0 aliphatic heterocycles. The van der Waals surface area contributed by atoms with Gasteiger partial charge in [-0.3, -0.25) is 9.59 Å². The highest BCUT2D eigenvalue weighted by molar-refractivity contribution is 6.35. The number of carbonyl (C=O) groups excluding carboxylic acids is 2. The van der Waals surface area contributed by atoms with E-state index in [0.29, 0.717) is 34.4 Å². The van der Waals surface area contributed by atoms with Crippen LogP contribution >= 0.6 is 23.2 Å². The molecule has 138 valence electrons. The van der Waals surface area contributed by atoms with Crippen molar-refractivity contribution in [3.63, 3.8) is 0 Å². The van der Waals surface area contributed by atoms with Gasteiger partial charge < -0.3 is 15.0 Å². The van der Waals surface area contributed by atoms with E-state index < -0.39 is 0 Å². The van der Waals surface area contributed by atoms with Crippen LogP contribution in [0.5, 0.6) is 5.75 Å². The lowest BCUT2D eigenvalue weighted by molar-refractivity contribution is -0.132. The van der Waals surface area contributed by atoms with Crippen LogP contribution in [0.4, 0.5) is 5.69 Å². The zero-order valence-corrected chi connectivity index (χ0v) is 16.1. The molecule has 26 heavy (non-hydrogen) atoms. The Morgan fingerprint density at radius 2 is 1.81 bits per heavy atom. The quantitative estimate of drug-likeness (QED) is 0.770. The molecule has 0 aliphatic rings. The third-order valence-electron chi connectivity index (χ3n) is 3.82. The molecule has 5 nitrogen and oxygen atoms in total.